The van der Waals surface area contributed by atoms with Crippen molar-refractivity contribution in [3.05, 3.63) is 0 Å². The first kappa shape index (κ1) is 8.57. The summed E-state index contributed by atoms with van der Waals surface area (Å²) in [4.78, 5) is 10.6. The van der Waals surface area contributed by atoms with Crippen LogP contribution >= 0.6 is 0 Å². The molecular weight excluding hydrogens is 138 g/mol. The van der Waals surface area contributed by atoms with Crippen molar-refractivity contribution in [2.75, 3.05) is 6.54 Å². The van der Waals surface area contributed by atoms with Gasteiger partial charge in [-0.25, -0.2) is 0 Å². The van der Waals surface area contributed by atoms with Crippen LogP contribution in [0, 0.1) is 11.8 Å². The molecule has 1 amide bonds. The van der Waals surface area contributed by atoms with Gasteiger partial charge >= 0.3 is 0 Å². The van der Waals surface area contributed by atoms with Crippen molar-refractivity contribution in [2.45, 2.75) is 33.1 Å². The molecule has 0 aromatic rings. The highest BCUT2D eigenvalue weighted by atomic mass is 16.1. The molecule has 0 aromatic heterocycles. The molecule has 1 N–H and O–H groups in total. The van der Waals surface area contributed by atoms with Crippen LogP contribution < -0.4 is 5.32 Å². The van der Waals surface area contributed by atoms with E-state index in [0.717, 1.165) is 18.4 Å². The van der Waals surface area contributed by atoms with Crippen molar-refractivity contribution >= 4 is 5.91 Å². The van der Waals surface area contributed by atoms with Crippen LogP contribution in [0.25, 0.3) is 0 Å². The fourth-order valence-corrected chi connectivity index (χ4v) is 1.72. The van der Waals surface area contributed by atoms with Gasteiger partial charge in [0.2, 0.25) is 5.91 Å². The Morgan fingerprint density at radius 1 is 1.45 bits per heavy atom. The first-order valence-electron chi connectivity index (χ1n) is 4.48. The molecule has 0 aromatic carbocycles. The molecule has 0 bridgehead atoms. The molecule has 11 heavy (non-hydrogen) atoms. The molecule has 0 unspecified atom stereocenters. The number of rotatable bonds is 3. The van der Waals surface area contributed by atoms with E-state index in [1.165, 1.54) is 19.3 Å². The topological polar surface area (TPSA) is 29.1 Å². The second-order valence-electron chi connectivity index (χ2n) is 3.44. The van der Waals surface area contributed by atoms with E-state index in [4.69, 9.17) is 0 Å². The van der Waals surface area contributed by atoms with Crippen LogP contribution in [-0.4, -0.2) is 12.5 Å². The molecule has 0 radical (unpaired) electrons. The van der Waals surface area contributed by atoms with Crippen LogP contribution in [-0.2, 0) is 4.79 Å². The van der Waals surface area contributed by atoms with E-state index in [9.17, 15) is 4.79 Å². The number of hydrogen-bond acceptors (Lipinski definition) is 1. The summed E-state index contributed by atoms with van der Waals surface area (Å²) in [6.07, 6.45) is 3.93. The van der Waals surface area contributed by atoms with E-state index >= 15 is 0 Å². The number of nitrogens with one attached hydrogen (secondary N) is 1. The summed E-state index contributed by atoms with van der Waals surface area (Å²) in [7, 11) is 0. The van der Waals surface area contributed by atoms with E-state index in [0.29, 0.717) is 0 Å². The zero-order valence-electron chi connectivity index (χ0n) is 7.39. The van der Waals surface area contributed by atoms with Crippen LogP contribution in [0.15, 0.2) is 0 Å². The molecule has 0 spiro atoms. The third-order valence-corrected chi connectivity index (χ3v) is 2.71. The zero-order valence-corrected chi connectivity index (χ0v) is 7.39. The monoisotopic (exact) mass is 155 g/mol. The van der Waals surface area contributed by atoms with Crippen LogP contribution in [0.5, 0.6) is 0 Å². The lowest BCUT2D eigenvalue weighted by Crippen LogP contribution is -2.36. The SMILES string of the molecule is CC[C@H]1CC[C@H]1CNC(C)=O. The molecule has 0 saturated heterocycles. The minimum Gasteiger partial charge on any atom is -0.356 e. The van der Waals surface area contributed by atoms with Crippen molar-refractivity contribution < 1.29 is 4.79 Å². The summed E-state index contributed by atoms with van der Waals surface area (Å²) < 4.78 is 0. The fourth-order valence-electron chi connectivity index (χ4n) is 1.72. The van der Waals surface area contributed by atoms with Crippen molar-refractivity contribution in [2.24, 2.45) is 11.8 Å². The highest BCUT2D eigenvalue weighted by molar-refractivity contribution is 5.72. The fraction of sp³-hybridized carbons (Fsp3) is 0.889. The summed E-state index contributed by atoms with van der Waals surface area (Å²) in [5.41, 5.74) is 0. The molecule has 1 fully saturated rings. The van der Waals surface area contributed by atoms with Gasteiger partial charge in [-0.15, -0.1) is 0 Å². The van der Waals surface area contributed by atoms with Gasteiger partial charge in [0.25, 0.3) is 0 Å². The lowest BCUT2D eigenvalue weighted by molar-refractivity contribution is -0.119. The summed E-state index contributed by atoms with van der Waals surface area (Å²) in [5.74, 6) is 1.75. The van der Waals surface area contributed by atoms with Crippen LogP contribution in [0.2, 0.25) is 0 Å². The third kappa shape index (κ3) is 2.21. The second kappa shape index (κ2) is 3.74. The Balaban J connectivity index is 2.12. The van der Waals surface area contributed by atoms with Crippen molar-refractivity contribution in [1.82, 2.24) is 5.32 Å². The van der Waals surface area contributed by atoms with Gasteiger partial charge in [-0.3, -0.25) is 4.79 Å². The second-order valence-corrected chi connectivity index (χ2v) is 3.44. The van der Waals surface area contributed by atoms with Gasteiger partial charge in [-0.05, 0) is 24.7 Å². The van der Waals surface area contributed by atoms with E-state index < -0.39 is 0 Å². The maximum atomic E-state index is 10.6. The normalized spacial score (nSPS) is 29.3. The van der Waals surface area contributed by atoms with E-state index in [1.807, 2.05) is 0 Å². The molecule has 0 heterocycles. The Kier molecular flexibility index (Phi) is 2.92. The summed E-state index contributed by atoms with van der Waals surface area (Å²) in [5, 5.41) is 2.87. The number of carbonyl (C=O) groups is 1. The molecule has 1 saturated carbocycles. The Labute approximate surface area is 68.4 Å². The van der Waals surface area contributed by atoms with Crippen molar-refractivity contribution in [3.8, 4) is 0 Å². The minimum absolute atomic E-state index is 0.103. The van der Waals surface area contributed by atoms with E-state index in [1.54, 1.807) is 6.92 Å². The van der Waals surface area contributed by atoms with Gasteiger partial charge in [0.15, 0.2) is 0 Å². The molecule has 1 rings (SSSR count). The number of hydrogen-bond donors (Lipinski definition) is 1. The molecule has 2 heteroatoms. The van der Waals surface area contributed by atoms with Gasteiger partial charge in [0.1, 0.15) is 0 Å². The first-order chi connectivity index (χ1) is 5.24. The van der Waals surface area contributed by atoms with Crippen LogP contribution in [0.3, 0.4) is 0 Å². The zero-order chi connectivity index (χ0) is 8.27. The average Bonchev–Trinajstić information content (AvgIpc) is 1.86. The van der Waals surface area contributed by atoms with E-state index in [2.05, 4.69) is 12.2 Å². The van der Waals surface area contributed by atoms with Crippen molar-refractivity contribution in [1.29, 1.82) is 0 Å². The molecule has 1 aliphatic rings. The summed E-state index contributed by atoms with van der Waals surface area (Å²) in [6.45, 7) is 4.71. The molecular formula is C9H17NO. The highest BCUT2D eigenvalue weighted by Gasteiger charge is 2.28. The molecule has 64 valence electrons. The van der Waals surface area contributed by atoms with Gasteiger partial charge in [0, 0.05) is 13.5 Å². The molecule has 0 aliphatic heterocycles. The van der Waals surface area contributed by atoms with Gasteiger partial charge in [0.05, 0.1) is 0 Å². The van der Waals surface area contributed by atoms with Crippen molar-refractivity contribution in [3.63, 3.8) is 0 Å². The third-order valence-electron chi connectivity index (χ3n) is 2.71. The summed E-state index contributed by atoms with van der Waals surface area (Å²) in [6, 6.07) is 0. The predicted octanol–water partition coefficient (Wildman–Crippen LogP) is 1.56. The molecule has 1 aliphatic carbocycles. The quantitative estimate of drug-likeness (QED) is 0.658. The maximum Gasteiger partial charge on any atom is 0.216 e. The van der Waals surface area contributed by atoms with Crippen LogP contribution in [0.4, 0.5) is 0 Å². The van der Waals surface area contributed by atoms with Crippen LogP contribution in [0.1, 0.15) is 33.1 Å². The Hall–Kier alpha value is -0.530. The standard InChI is InChI=1S/C9H17NO/c1-3-8-4-5-9(8)6-10-7(2)11/h8-9H,3-6H2,1-2H3,(H,10,11)/t8-,9-/m0/s1. The average molecular weight is 155 g/mol. The Morgan fingerprint density at radius 2 is 2.09 bits per heavy atom. The highest BCUT2D eigenvalue weighted by Crippen LogP contribution is 2.35. The Bertz CT molecular complexity index is 142. The lowest BCUT2D eigenvalue weighted by Gasteiger charge is -2.35. The molecule has 2 nitrogen and oxygen atoms in total. The Morgan fingerprint density at radius 3 is 2.45 bits per heavy atom. The van der Waals surface area contributed by atoms with Gasteiger partial charge < -0.3 is 5.32 Å². The smallest absolute Gasteiger partial charge is 0.216 e. The molecule has 2 atom stereocenters. The number of amides is 1. The minimum atomic E-state index is 0.103. The predicted molar refractivity (Wildman–Crippen MR) is 45.2 cm³/mol. The summed E-state index contributed by atoms with van der Waals surface area (Å²) >= 11 is 0. The largest absolute Gasteiger partial charge is 0.356 e. The maximum absolute atomic E-state index is 10.6. The van der Waals surface area contributed by atoms with Gasteiger partial charge in [-0.2, -0.15) is 0 Å². The first-order valence-corrected chi connectivity index (χ1v) is 4.48. The lowest BCUT2D eigenvalue weighted by atomic mass is 9.72. The van der Waals surface area contributed by atoms with E-state index in [-0.39, 0.29) is 5.91 Å². The van der Waals surface area contributed by atoms with Gasteiger partial charge in [-0.1, -0.05) is 13.3 Å². The number of carbonyl (C=O) groups excluding carboxylic acids is 1.